The van der Waals surface area contributed by atoms with Gasteiger partial charge < -0.3 is 14.7 Å². The molecule has 23 heavy (non-hydrogen) atoms. The maximum absolute atomic E-state index is 11.5. The van der Waals surface area contributed by atoms with Crippen molar-refractivity contribution >= 4 is 22.6 Å². The Morgan fingerprint density at radius 1 is 1.13 bits per heavy atom. The van der Waals surface area contributed by atoms with Gasteiger partial charge in [0.25, 0.3) is 0 Å². The van der Waals surface area contributed by atoms with Crippen molar-refractivity contribution in [3.8, 4) is 0 Å². The summed E-state index contributed by atoms with van der Waals surface area (Å²) in [6.07, 6.45) is 0. The fourth-order valence-electron chi connectivity index (χ4n) is 2.93. The van der Waals surface area contributed by atoms with Crippen molar-refractivity contribution in [2.24, 2.45) is 0 Å². The number of carbonyl (C=O) groups is 1. The molecule has 2 heterocycles. The average molecular weight is 313 g/mol. The van der Waals surface area contributed by atoms with Crippen LogP contribution in [0.25, 0.3) is 10.9 Å². The minimum atomic E-state index is 0.144. The molecule has 6 nitrogen and oxygen atoms in total. The molecule has 0 radical (unpaired) electrons. The summed E-state index contributed by atoms with van der Waals surface area (Å²) in [7, 11) is 4.04. The Balaban J connectivity index is 1.94. The van der Waals surface area contributed by atoms with Gasteiger partial charge in [-0.2, -0.15) is 0 Å². The van der Waals surface area contributed by atoms with Crippen molar-refractivity contribution < 1.29 is 4.79 Å². The van der Waals surface area contributed by atoms with Crippen molar-refractivity contribution in [3.05, 3.63) is 30.1 Å². The van der Waals surface area contributed by atoms with Crippen molar-refractivity contribution in [1.82, 2.24) is 19.8 Å². The Labute approximate surface area is 136 Å². The first-order valence-electron chi connectivity index (χ1n) is 7.95. The quantitative estimate of drug-likeness (QED) is 0.856. The van der Waals surface area contributed by atoms with Crippen molar-refractivity contribution in [2.45, 2.75) is 13.5 Å². The van der Waals surface area contributed by atoms with E-state index >= 15 is 0 Å². The average Bonchev–Trinajstić information content (AvgIpc) is 2.53. The summed E-state index contributed by atoms with van der Waals surface area (Å²) < 4.78 is 0. The highest BCUT2D eigenvalue weighted by Gasteiger charge is 2.22. The number of hydrogen-bond acceptors (Lipinski definition) is 5. The Kier molecular flexibility index (Phi) is 4.43. The van der Waals surface area contributed by atoms with Crippen LogP contribution >= 0.6 is 0 Å². The molecule has 122 valence electrons. The molecule has 0 saturated carbocycles. The predicted molar refractivity (Wildman–Crippen MR) is 91.4 cm³/mol. The molecule has 0 N–H and O–H groups in total. The number of amides is 1. The number of piperazine rings is 1. The number of nitrogens with zero attached hydrogens (tertiary/aromatic N) is 5. The molecule has 1 aromatic heterocycles. The van der Waals surface area contributed by atoms with Crippen LogP contribution < -0.4 is 4.90 Å². The van der Waals surface area contributed by atoms with Crippen LogP contribution in [0, 0.1) is 0 Å². The van der Waals surface area contributed by atoms with E-state index in [0.29, 0.717) is 6.54 Å². The number of para-hydroxylation sites is 1. The van der Waals surface area contributed by atoms with Crippen LogP contribution in [0.4, 0.5) is 5.82 Å². The van der Waals surface area contributed by atoms with Gasteiger partial charge >= 0.3 is 0 Å². The molecule has 6 heteroatoms. The Morgan fingerprint density at radius 3 is 2.48 bits per heavy atom. The van der Waals surface area contributed by atoms with Crippen LogP contribution in [0.3, 0.4) is 0 Å². The summed E-state index contributed by atoms with van der Waals surface area (Å²) in [6.45, 7) is 5.45. The lowest BCUT2D eigenvalue weighted by Gasteiger charge is -2.35. The van der Waals surface area contributed by atoms with Crippen molar-refractivity contribution in [2.75, 3.05) is 45.2 Å². The van der Waals surface area contributed by atoms with Crippen LogP contribution in [-0.2, 0) is 11.3 Å². The molecular formula is C17H23N5O. The highest BCUT2D eigenvalue weighted by atomic mass is 16.2. The van der Waals surface area contributed by atoms with Crippen molar-refractivity contribution in [3.63, 3.8) is 0 Å². The Morgan fingerprint density at radius 2 is 1.83 bits per heavy atom. The lowest BCUT2D eigenvalue weighted by atomic mass is 10.2. The highest BCUT2D eigenvalue weighted by molar-refractivity contribution is 5.89. The molecule has 1 amide bonds. The van der Waals surface area contributed by atoms with Crippen molar-refractivity contribution in [1.29, 1.82) is 0 Å². The van der Waals surface area contributed by atoms with Crippen LogP contribution in [0.1, 0.15) is 12.7 Å². The molecule has 0 bridgehead atoms. The first-order chi connectivity index (χ1) is 11.0. The maximum atomic E-state index is 11.5. The Bertz CT molecular complexity index is 707. The number of aromatic nitrogens is 2. The SMILES string of the molecule is CC(=O)N1CCN(c2nc(CN(C)C)nc3ccccc23)CC1. The number of fused-ring (bicyclic) bond motifs is 1. The van der Waals surface area contributed by atoms with Gasteiger partial charge in [-0.25, -0.2) is 9.97 Å². The summed E-state index contributed by atoms with van der Waals surface area (Å²) in [6, 6.07) is 8.13. The summed E-state index contributed by atoms with van der Waals surface area (Å²) >= 11 is 0. The van der Waals surface area contributed by atoms with Gasteiger partial charge in [-0.05, 0) is 26.2 Å². The molecule has 1 aliphatic rings. The molecule has 1 saturated heterocycles. The maximum Gasteiger partial charge on any atom is 0.219 e. The van der Waals surface area contributed by atoms with Gasteiger partial charge in [-0.3, -0.25) is 4.79 Å². The second kappa shape index (κ2) is 6.50. The second-order valence-electron chi connectivity index (χ2n) is 6.21. The zero-order valence-corrected chi connectivity index (χ0v) is 14.0. The minimum absolute atomic E-state index is 0.144. The number of carbonyl (C=O) groups excluding carboxylic acids is 1. The molecule has 1 fully saturated rings. The molecule has 0 aliphatic carbocycles. The van der Waals surface area contributed by atoms with E-state index in [1.165, 1.54) is 0 Å². The first-order valence-corrected chi connectivity index (χ1v) is 7.95. The van der Waals surface area contributed by atoms with Crippen LogP contribution in [0.2, 0.25) is 0 Å². The highest BCUT2D eigenvalue weighted by Crippen LogP contribution is 2.25. The van der Waals surface area contributed by atoms with Gasteiger partial charge in [-0.15, -0.1) is 0 Å². The van der Waals surface area contributed by atoms with E-state index in [0.717, 1.165) is 48.7 Å². The zero-order valence-electron chi connectivity index (χ0n) is 14.0. The van der Waals surface area contributed by atoms with E-state index in [-0.39, 0.29) is 5.91 Å². The fourth-order valence-corrected chi connectivity index (χ4v) is 2.93. The van der Waals surface area contributed by atoms with Crippen LogP contribution in [-0.4, -0.2) is 65.9 Å². The predicted octanol–water partition coefficient (Wildman–Crippen LogP) is 1.36. The van der Waals surface area contributed by atoms with Gasteiger partial charge in [0, 0.05) is 38.5 Å². The van der Waals surface area contributed by atoms with E-state index in [1.807, 2.05) is 37.2 Å². The minimum Gasteiger partial charge on any atom is -0.352 e. The fraction of sp³-hybridized carbons (Fsp3) is 0.471. The molecule has 2 aromatic rings. The standard InChI is InChI=1S/C17H23N5O/c1-13(23)21-8-10-22(11-9-21)17-14-6-4-5-7-15(14)18-16(19-17)12-20(2)3/h4-7H,8-12H2,1-3H3. The first kappa shape index (κ1) is 15.7. The van der Waals surface area contributed by atoms with Crippen LogP contribution in [0.5, 0.6) is 0 Å². The van der Waals surface area contributed by atoms with E-state index < -0.39 is 0 Å². The van der Waals surface area contributed by atoms with Gasteiger partial charge in [0.05, 0.1) is 12.1 Å². The second-order valence-corrected chi connectivity index (χ2v) is 6.21. The lowest BCUT2D eigenvalue weighted by Crippen LogP contribution is -2.48. The molecule has 0 spiro atoms. The summed E-state index contributed by atoms with van der Waals surface area (Å²) in [5, 5.41) is 1.08. The molecule has 0 unspecified atom stereocenters. The smallest absolute Gasteiger partial charge is 0.219 e. The third-order valence-electron chi connectivity index (χ3n) is 4.11. The van der Waals surface area contributed by atoms with Crippen LogP contribution in [0.15, 0.2) is 24.3 Å². The molecule has 1 aromatic carbocycles. The number of anilines is 1. The molecule has 1 aliphatic heterocycles. The molecule has 3 rings (SSSR count). The summed E-state index contributed by atoms with van der Waals surface area (Å²) in [5.41, 5.74) is 0.975. The number of benzene rings is 1. The van der Waals surface area contributed by atoms with E-state index in [9.17, 15) is 4.79 Å². The number of hydrogen-bond donors (Lipinski definition) is 0. The van der Waals surface area contributed by atoms with Gasteiger partial charge in [0.2, 0.25) is 5.91 Å². The monoisotopic (exact) mass is 313 g/mol. The summed E-state index contributed by atoms with van der Waals surface area (Å²) in [5.74, 6) is 1.96. The van der Waals surface area contributed by atoms with Gasteiger partial charge in [0.15, 0.2) is 0 Å². The van der Waals surface area contributed by atoms with Gasteiger partial charge in [-0.1, -0.05) is 12.1 Å². The molecule has 0 atom stereocenters. The van der Waals surface area contributed by atoms with Gasteiger partial charge in [0.1, 0.15) is 11.6 Å². The third-order valence-corrected chi connectivity index (χ3v) is 4.11. The largest absolute Gasteiger partial charge is 0.352 e. The molecular weight excluding hydrogens is 290 g/mol. The van der Waals surface area contributed by atoms with E-state index in [2.05, 4.69) is 20.9 Å². The Hall–Kier alpha value is -2.21. The lowest BCUT2D eigenvalue weighted by molar-refractivity contribution is -0.129. The van der Waals surface area contributed by atoms with E-state index in [4.69, 9.17) is 4.98 Å². The van der Waals surface area contributed by atoms with E-state index in [1.54, 1.807) is 6.92 Å². The zero-order chi connectivity index (χ0) is 16.4. The third kappa shape index (κ3) is 3.42. The number of rotatable bonds is 3. The summed E-state index contributed by atoms with van der Waals surface area (Å²) in [4.78, 5) is 27.2. The normalized spacial score (nSPS) is 15.5. The topological polar surface area (TPSA) is 52.6 Å².